The van der Waals surface area contributed by atoms with E-state index in [4.69, 9.17) is 0 Å². The van der Waals surface area contributed by atoms with Crippen molar-refractivity contribution in [1.29, 1.82) is 0 Å². The van der Waals surface area contributed by atoms with Gasteiger partial charge in [0.25, 0.3) is 0 Å². The molecule has 1 rings (SSSR count). The van der Waals surface area contributed by atoms with Crippen molar-refractivity contribution in [3.63, 3.8) is 0 Å². The van der Waals surface area contributed by atoms with E-state index >= 15 is 0 Å². The Kier molecular flexibility index (Phi) is 4.42. The van der Waals surface area contributed by atoms with Crippen LogP contribution >= 0.6 is 0 Å². The fraction of sp³-hybridized carbons (Fsp3) is 0.444. The number of hydrogen-bond acceptors (Lipinski definition) is 1. The lowest BCUT2D eigenvalue weighted by atomic mass is 10.2. The molecule has 0 fully saturated rings. The minimum Gasteiger partial charge on any atom is -1.00 e. The molecule has 0 saturated heterocycles. The molecule has 3 heteroatoms. The van der Waals surface area contributed by atoms with E-state index in [1.54, 1.807) is 0 Å². The molecule has 1 aromatic heterocycles. The predicted molar refractivity (Wildman–Crippen MR) is 46.0 cm³/mol. The maximum atomic E-state index is 3.97. The van der Waals surface area contributed by atoms with E-state index in [0.29, 0.717) is 0 Å². The molecule has 0 amide bonds. The van der Waals surface area contributed by atoms with E-state index in [2.05, 4.69) is 38.3 Å². The van der Waals surface area contributed by atoms with Gasteiger partial charge in [-0.1, -0.05) is 0 Å². The van der Waals surface area contributed by atoms with Crippen LogP contribution in [0.25, 0.3) is 0 Å². The van der Waals surface area contributed by atoms with Crippen LogP contribution in [0.1, 0.15) is 5.56 Å². The van der Waals surface area contributed by atoms with Crippen LogP contribution in [-0.4, -0.2) is 30.6 Å². The SMILES string of the molecule is C[N+](C)(C)Cc1ccncc1.[Br-]. The number of nitrogens with zero attached hydrogens (tertiary/aromatic N) is 2. The highest BCUT2D eigenvalue weighted by atomic mass is 79.9. The summed E-state index contributed by atoms with van der Waals surface area (Å²) in [6.07, 6.45) is 3.68. The van der Waals surface area contributed by atoms with E-state index in [-0.39, 0.29) is 17.0 Å². The van der Waals surface area contributed by atoms with E-state index in [9.17, 15) is 0 Å². The zero-order valence-electron chi connectivity index (χ0n) is 7.79. The molecular formula is C9H15BrN2. The molecule has 0 saturated carbocycles. The Morgan fingerprint density at radius 3 is 2.08 bits per heavy atom. The molecule has 0 spiro atoms. The summed E-state index contributed by atoms with van der Waals surface area (Å²) in [5.74, 6) is 0. The minimum atomic E-state index is 0. The molecule has 12 heavy (non-hydrogen) atoms. The molecule has 1 heterocycles. The van der Waals surface area contributed by atoms with Crippen LogP contribution in [0.2, 0.25) is 0 Å². The number of halogens is 1. The number of quaternary nitrogens is 1. The van der Waals surface area contributed by atoms with Gasteiger partial charge in [-0.3, -0.25) is 4.98 Å². The molecule has 0 atom stereocenters. The van der Waals surface area contributed by atoms with E-state index < -0.39 is 0 Å². The van der Waals surface area contributed by atoms with Crippen molar-refractivity contribution >= 4 is 0 Å². The molecule has 1 aromatic rings. The average Bonchev–Trinajstić information content (AvgIpc) is 1.85. The van der Waals surface area contributed by atoms with Gasteiger partial charge in [-0.25, -0.2) is 0 Å². The van der Waals surface area contributed by atoms with E-state index in [1.165, 1.54) is 5.56 Å². The van der Waals surface area contributed by atoms with Gasteiger partial charge in [0.15, 0.2) is 0 Å². The van der Waals surface area contributed by atoms with Crippen molar-refractivity contribution in [2.24, 2.45) is 0 Å². The Hall–Kier alpha value is -0.410. The van der Waals surface area contributed by atoms with Gasteiger partial charge in [-0.15, -0.1) is 0 Å². The maximum absolute atomic E-state index is 3.97. The van der Waals surface area contributed by atoms with Crippen molar-refractivity contribution in [2.75, 3.05) is 21.1 Å². The Bertz CT molecular complexity index is 216. The summed E-state index contributed by atoms with van der Waals surface area (Å²) in [6, 6.07) is 4.12. The summed E-state index contributed by atoms with van der Waals surface area (Å²) >= 11 is 0. The summed E-state index contributed by atoms with van der Waals surface area (Å²) in [5, 5.41) is 0. The number of pyridine rings is 1. The third kappa shape index (κ3) is 4.46. The van der Waals surface area contributed by atoms with Crippen molar-refractivity contribution < 1.29 is 21.5 Å². The zero-order chi connectivity index (χ0) is 8.32. The normalized spacial score (nSPS) is 10.6. The molecule has 68 valence electrons. The number of rotatable bonds is 2. The van der Waals surface area contributed by atoms with Crippen LogP contribution in [0.3, 0.4) is 0 Å². The van der Waals surface area contributed by atoms with Gasteiger partial charge in [-0.05, 0) is 12.1 Å². The first-order valence-electron chi connectivity index (χ1n) is 3.77. The van der Waals surface area contributed by atoms with Crippen molar-refractivity contribution in [2.45, 2.75) is 6.54 Å². The molecule has 0 unspecified atom stereocenters. The topological polar surface area (TPSA) is 12.9 Å². The Labute approximate surface area is 84.6 Å². The third-order valence-electron chi connectivity index (χ3n) is 1.41. The van der Waals surface area contributed by atoms with Gasteiger partial charge < -0.3 is 21.5 Å². The fourth-order valence-corrected chi connectivity index (χ4v) is 1.04. The van der Waals surface area contributed by atoms with E-state index in [1.807, 2.05) is 12.4 Å². The first kappa shape index (κ1) is 11.6. The lowest BCUT2D eigenvalue weighted by Gasteiger charge is -2.23. The second-order valence-electron chi connectivity index (χ2n) is 3.80. The molecule has 0 bridgehead atoms. The molecule has 0 aliphatic rings. The Morgan fingerprint density at radius 1 is 1.17 bits per heavy atom. The number of aromatic nitrogens is 1. The highest BCUT2D eigenvalue weighted by molar-refractivity contribution is 5.07. The molecule has 0 aromatic carbocycles. The standard InChI is InChI=1S/C9H15N2.BrH/c1-11(2,3)8-9-4-6-10-7-5-9;/h4-7H,8H2,1-3H3;1H/q+1;/p-1. The highest BCUT2D eigenvalue weighted by Gasteiger charge is 2.06. The summed E-state index contributed by atoms with van der Waals surface area (Å²) in [7, 11) is 6.54. The van der Waals surface area contributed by atoms with Crippen LogP contribution in [-0.2, 0) is 6.54 Å². The van der Waals surface area contributed by atoms with Crippen molar-refractivity contribution in [1.82, 2.24) is 4.98 Å². The van der Waals surface area contributed by atoms with Crippen LogP contribution in [0.5, 0.6) is 0 Å². The monoisotopic (exact) mass is 230 g/mol. The Morgan fingerprint density at radius 2 is 1.67 bits per heavy atom. The molecule has 0 N–H and O–H groups in total. The zero-order valence-corrected chi connectivity index (χ0v) is 9.37. The minimum absolute atomic E-state index is 0. The van der Waals surface area contributed by atoms with Gasteiger partial charge in [0.05, 0.1) is 21.1 Å². The van der Waals surface area contributed by atoms with Crippen molar-refractivity contribution in [3.05, 3.63) is 30.1 Å². The fourth-order valence-electron chi connectivity index (χ4n) is 1.04. The second-order valence-corrected chi connectivity index (χ2v) is 3.80. The molecular weight excluding hydrogens is 216 g/mol. The van der Waals surface area contributed by atoms with Gasteiger partial charge in [-0.2, -0.15) is 0 Å². The van der Waals surface area contributed by atoms with Crippen LogP contribution < -0.4 is 17.0 Å². The predicted octanol–water partition coefficient (Wildman–Crippen LogP) is -1.71. The summed E-state index contributed by atoms with van der Waals surface area (Å²) in [4.78, 5) is 3.97. The van der Waals surface area contributed by atoms with Crippen molar-refractivity contribution in [3.8, 4) is 0 Å². The van der Waals surface area contributed by atoms with Crippen LogP contribution in [0.15, 0.2) is 24.5 Å². The average molecular weight is 231 g/mol. The van der Waals surface area contributed by atoms with Crippen LogP contribution in [0, 0.1) is 0 Å². The lowest BCUT2D eigenvalue weighted by molar-refractivity contribution is -0.884. The highest BCUT2D eigenvalue weighted by Crippen LogP contribution is 2.03. The lowest BCUT2D eigenvalue weighted by Crippen LogP contribution is -3.00. The largest absolute Gasteiger partial charge is 1.00 e. The van der Waals surface area contributed by atoms with E-state index in [0.717, 1.165) is 11.0 Å². The smallest absolute Gasteiger partial charge is 0.104 e. The van der Waals surface area contributed by atoms with Gasteiger partial charge in [0.2, 0.25) is 0 Å². The van der Waals surface area contributed by atoms with Gasteiger partial charge in [0.1, 0.15) is 6.54 Å². The molecule has 0 aliphatic heterocycles. The van der Waals surface area contributed by atoms with Gasteiger partial charge in [0, 0.05) is 18.0 Å². The molecule has 2 nitrogen and oxygen atoms in total. The first-order valence-corrected chi connectivity index (χ1v) is 3.77. The Balaban J connectivity index is 0.00000121. The van der Waals surface area contributed by atoms with Gasteiger partial charge >= 0.3 is 0 Å². The summed E-state index contributed by atoms with van der Waals surface area (Å²) in [5.41, 5.74) is 1.34. The molecule has 0 radical (unpaired) electrons. The third-order valence-corrected chi connectivity index (χ3v) is 1.41. The number of hydrogen-bond donors (Lipinski definition) is 0. The quantitative estimate of drug-likeness (QED) is 0.552. The maximum Gasteiger partial charge on any atom is 0.104 e. The second kappa shape index (κ2) is 4.58. The van der Waals surface area contributed by atoms with Crippen LogP contribution in [0.4, 0.5) is 0 Å². The summed E-state index contributed by atoms with van der Waals surface area (Å²) < 4.78 is 0.962. The summed E-state index contributed by atoms with van der Waals surface area (Å²) in [6.45, 7) is 1.06. The first-order chi connectivity index (χ1) is 5.08. The molecule has 0 aliphatic carbocycles.